The standard InChI is InChI=1S/C24H22N4O3S2/c1-15-20(22(29)28(27(15)2)17-12-8-5-9-13-17)25-24(32)26-21-18(23(30)31-3)14-19(33-21)16-10-6-4-7-11-16/h4-14H,1-3H3,(H2,25,26,32). The number of nitrogens with one attached hydrogen (secondary N) is 2. The van der Waals surface area contributed by atoms with Crippen molar-refractivity contribution in [1.82, 2.24) is 9.36 Å². The number of thiophene rings is 1. The van der Waals surface area contributed by atoms with Gasteiger partial charge in [0.1, 0.15) is 10.7 Å². The van der Waals surface area contributed by atoms with Crippen LogP contribution in [0, 0.1) is 6.92 Å². The summed E-state index contributed by atoms with van der Waals surface area (Å²) >= 11 is 6.87. The molecule has 0 radical (unpaired) electrons. The van der Waals surface area contributed by atoms with Crippen LogP contribution in [0.1, 0.15) is 16.1 Å². The Labute approximate surface area is 200 Å². The van der Waals surface area contributed by atoms with E-state index in [0.717, 1.165) is 21.8 Å². The molecule has 2 heterocycles. The van der Waals surface area contributed by atoms with Gasteiger partial charge < -0.3 is 15.4 Å². The van der Waals surface area contributed by atoms with Gasteiger partial charge in [-0.05, 0) is 42.9 Å². The molecule has 0 spiro atoms. The van der Waals surface area contributed by atoms with E-state index in [0.29, 0.717) is 16.3 Å². The molecule has 168 valence electrons. The van der Waals surface area contributed by atoms with E-state index < -0.39 is 5.97 Å². The van der Waals surface area contributed by atoms with Gasteiger partial charge in [-0.1, -0.05) is 48.5 Å². The zero-order valence-corrected chi connectivity index (χ0v) is 19.9. The lowest BCUT2D eigenvalue weighted by atomic mass is 10.1. The van der Waals surface area contributed by atoms with Crippen molar-refractivity contribution in [2.75, 3.05) is 17.7 Å². The maximum absolute atomic E-state index is 13.1. The number of carbonyl (C=O) groups excluding carboxylic acids is 1. The third-order valence-corrected chi connectivity index (χ3v) is 6.52. The molecule has 0 aliphatic heterocycles. The van der Waals surface area contributed by atoms with Crippen molar-refractivity contribution >= 4 is 45.3 Å². The molecule has 7 nitrogen and oxygen atoms in total. The zero-order valence-electron chi connectivity index (χ0n) is 18.3. The molecule has 9 heteroatoms. The van der Waals surface area contributed by atoms with Crippen molar-refractivity contribution in [3.63, 3.8) is 0 Å². The quantitative estimate of drug-likeness (QED) is 0.317. The van der Waals surface area contributed by atoms with Gasteiger partial charge in [0.25, 0.3) is 5.56 Å². The van der Waals surface area contributed by atoms with Gasteiger partial charge in [0.05, 0.1) is 24.1 Å². The van der Waals surface area contributed by atoms with Crippen LogP contribution in [0.25, 0.3) is 16.1 Å². The van der Waals surface area contributed by atoms with Crippen LogP contribution in [0.2, 0.25) is 0 Å². The summed E-state index contributed by atoms with van der Waals surface area (Å²) in [7, 11) is 3.15. The van der Waals surface area contributed by atoms with E-state index in [1.54, 1.807) is 15.4 Å². The lowest BCUT2D eigenvalue weighted by Gasteiger charge is -2.09. The van der Waals surface area contributed by atoms with Gasteiger partial charge in [-0.3, -0.25) is 9.48 Å². The Hall–Kier alpha value is -3.69. The van der Waals surface area contributed by atoms with Crippen LogP contribution < -0.4 is 16.2 Å². The lowest BCUT2D eigenvalue weighted by Crippen LogP contribution is -2.25. The van der Waals surface area contributed by atoms with Crippen molar-refractivity contribution in [2.24, 2.45) is 7.05 Å². The minimum absolute atomic E-state index is 0.202. The smallest absolute Gasteiger partial charge is 0.340 e. The molecule has 2 aromatic carbocycles. The summed E-state index contributed by atoms with van der Waals surface area (Å²) in [6.45, 7) is 1.84. The fourth-order valence-corrected chi connectivity index (χ4v) is 4.77. The molecule has 0 fully saturated rings. The summed E-state index contributed by atoms with van der Waals surface area (Å²) in [4.78, 5) is 26.4. The van der Waals surface area contributed by atoms with Crippen molar-refractivity contribution in [1.29, 1.82) is 0 Å². The Kier molecular flexibility index (Phi) is 6.43. The third-order valence-electron chi connectivity index (χ3n) is 5.22. The van der Waals surface area contributed by atoms with Crippen LogP contribution in [0.3, 0.4) is 0 Å². The summed E-state index contributed by atoms with van der Waals surface area (Å²) in [6.07, 6.45) is 0. The Bertz CT molecular complexity index is 1370. The van der Waals surface area contributed by atoms with E-state index >= 15 is 0 Å². The molecule has 33 heavy (non-hydrogen) atoms. The van der Waals surface area contributed by atoms with Crippen LogP contribution in [0.15, 0.2) is 71.5 Å². The molecule has 0 unspecified atom stereocenters. The van der Waals surface area contributed by atoms with Crippen LogP contribution in [-0.2, 0) is 11.8 Å². The monoisotopic (exact) mass is 478 g/mol. The highest BCUT2D eigenvalue weighted by atomic mass is 32.1. The first kappa shape index (κ1) is 22.5. The topological polar surface area (TPSA) is 77.3 Å². The first-order valence-corrected chi connectivity index (χ1v) is 11.3. The molecule has 0 saturated heterocycles. The third kappa shape index (κ3) is 4.46. The van der Waals surface area contributed by atoms with Crippen LogP contribution >= 0.6 is 23.6 Å². The fraction of sp³-hybridized carbons (Fsp3) is 0.125. The largest absolute Gasteiger partial charge is 0.465 e. The van der Waals surface area contributed by atoms with Gasteiger partial charge in [-0.25, -0.2) is 9.48 Å². The Morgan fingerprint density at radius 2 is 1.67 bits per heavy atom. The maximum Gasteiger partial charge on any atom is 0.340 e. The number of aromatic nitrogens is 2. The molecule has 0 atom stereocenters. The van der Waals surface area contributed by atoms with Crippen molar-refractivity contribution in [3.8, 4) is 16.1 Å². The van der Waals surface area contributed by atoms with E-state index in [1.165, 1.54) is 18.4 Å². The number of anilines is 2. The Balaban J connectivity index is 1.63. The Morgan fingerprint density at radius 1 is 1.03 bits per heavy atom. The van der Waals surface area contributed by atoms with Gasteiger partial charge in [0.2, 0.25) is 0 Å². The Morgan fingerprint density at radius 3 is 2.30 bits per heavy atom. The minimum atomic E-state index is -0.471. The lowest BCUT2D eigenvalue weighted by molar-refractivity contribution is 0.0602. The summed E-state index contributed by atoms with van der Waals surface area (Å²) in [5.74, 6) is -0.471. The molecule has 2 aromatic heterocycles. The van der Waals surface area contributed by atoms with Crippen LogP contribution in [0.5, 0.6) is 0 Å². The number of hydrogen-bond donors (Lipinski definition) is 2. The second-order valence-corrected chi connectivity index (χ2v) is 8.69. The molecule has 0 bridgehead atoms. The van der Waals surface area contributed by atoms with Crippen molar-refractivity contribution in [3.05, 3.63) is 88.3 Å². The summed E-state index contributed by atoms with van der Waals surface area (Å²) < 4.78 is 8.27. The molecule has 4 aromatic rings. The summed E-state index contributed by atoms with van der Waals surface area (Å²) in [5, 5.41) is 6.82. The minimum Gasteiger partial charge on any atom is -0.465 e. The molecule has 0 aliphatic rings. The molecular weight excluding hydrogens is 456 g/mol. The molecule has 0 saturated carbocycles. The van der Waals surface area contributed by atoms with Gasteiger partial charge in [0.15, 0.2) is 5.11 Å². The number of ether oxygens (including phenoxy) is 1. The number of methoxy groups -OCH3 is 1. The molecular formula is C24H22N4O3S2. The van der Waals surface area contributed by atoms with Gasteiger partial charge in [-0.15, -0.1) is 11.3 Å². The van der Waals surface area contributed by atoms with E-state index in [2.05, 4.69) is 10.6 Å². The number of nitrogens with zero attached hydrogens (tertiary/aromatic N) is 2. The maximum atomic E-state index is 13.1. The molecule has 2 N–H and O–H groups in total. The van der Waals surface area contributed by atoms with E-state index in [-0.39, 0.29) is 10.7 Å². The van der Waals surface area contributed by atoms with Gasteiger partial charge >= 0.3 is 5.97 Å². The average Bonchev–Trinajstić information content (AvgIpc) is 3.34. The highest BCUT2D eigenvalue weighted by Crippen LogP contribution is 2.36. The zero-order chi connectivity index (χ0) is 23.5. The normalized spacial score (nSPS) is 10.6. The van der Waals surface area contributed by atoms with E-state index in [1.807, 2.05) is 74.6 Å². The number of esters is 1. The van der Waals surface area contributed by atoms with Gasteiger partial charge in [-0.2, -0.15) is 0 Å². The SMILES string of the molecule is COC(=O)c1cc(-c2ccccc2)sc1NC(=S)Nc1c(C)n(C)n(-c2ccccc2)c1=O. The molecule has 0 aliphatic carbocycles. The van der Waals surface area contributed by atoms with Gasteiger partial charge in [0, 0.05) is 11.9 Å². The molecule has 0 amide bonds. The number of benzene rings is 2. The van der Waals surface area contributed by atoms with E-state index in [9.17, 15) is 9.59 Å². The number of carbonyl (C=O) groups is 1. The summed E-state index contributed by atoms with van der Waals surface area (Å²) in [5.41, 5.74) is 2.95. The predicted molar refractivity (Wildman–Crippen MR) is 137 cm³/mol. The number of hydrogen-bond acceptors (Lipinski definition) is 5. The average molecular weight is 479 g/mol. The first-order chi connectivity index (χ1) is 15.9. The number of rotatable bonds is 5. The van der Waals surface area contributed by atoms with Crippen LogP contribution in [-0.4, -0.2) is 27.6 Å². The first-order valence-electron chi connectivity index (χ1n) is 10.1. The van der Waals surface area contributed by atoms with Crippen molar-refractivity contribution < 1.29 is 9.53 Å². The second-order valence-electron chi connectivity index (χ2n) is 7.23. The molecule has 4 rings (SSSR count). The van der Waals surface area contributed by atoms with E-state index in [4.69, 9.17) is 17.0 Å². The van der Waals surface area contributed by atoms with Crippen molar-refractivity contribution in [2.45, 2.75) is 6.92 Å². The second kappa shape index (κ2) is 9.43. The highest BCUT2D eigenvalue weighted by Gasteiger charge is 2.21. The highest BCUT2D eigenvalue weighted by molar-refractivity contribution is 7.80. The predicted octanol–water partition coefficient (Wildman–Crippen LogP) is 4.81. The number of thiocarbonyl (C=S) groups is 1. The van der Waals surface area contributed by atoms with Crippen LogP contribution in [0.4, 0.5) is 10.7 Å². The fourth-order valence-electron chi connectivity index (χ4n) is 3.45. The number of para-hydroxylation sites is 1. The summed E-state index contributed by atoms with van der Waals surface area (Å²) in [6, 6.07) is 20.9.